The molecule has 15 nitrogen and oxygen atoms in total. The molecule has 0 unspecified atom stereocenters. The van der Waals surface area contributed by atoms with Gasteiger partial charge in [0.05, 0.1) is 48.7 Å². The normalized spacial score (nSPS) is 16.0. The molecule has 450 valence electrons. The number of pyridine rings is 1. The van der Waals surface area contributed by atoms with E-state index in [0.29, 0.717) is 73.8 Å². The van der Waals surface area contributed by atoms with E-state index in [9.17, 15) is 19.2 Å². The number of likely N-dealkylation sites (tertiary alicyclic amines) is 2. The first-order chi connectivity index (χ1) is 40.3. The molecule has 0 bridgehead atoms. The lowest BCUT2D eigenvalue weighted by molar-refractivity contribution is -0.145. The summed E-state index contributed by atoms with van der Waals surface area (Å²) in [5.41, 5.74) is 6.57. The second-order valence-electron chi connectivity index (χ2n) is 23.5. The lowest BCUT2D eigenvalue weighted by atomic mass is 9.91. The van der Waals surface area contributed by atoms with Gasteiger partial charge in [0.2, 0.25) is 0 Å². The quantitative estimate of drug-likeness (QED) is 0.0535. The summed E-state index contributed by atoms with van der Waals surface area (Å²) in [6.07, 6.45) is 9.56. The minimum absolute atomic E-state index is 0.0116. The second kappa shape index (κ2) is 30.1. The smallest absolute Gasteiger partial charge is 0.358 e. The van der Waals surface area contributed by atoms with E-state index in [2.05, 4.69) is 67.8 Å². The van der Waals surface area contributed by atoms with Gasteiger partial charge in [0.1, 0.15) is 22.9 Å². The van der Waals surface area contributed by atoms with Crippen molar-refractivity contribution in [2.24, 2.45) is 11.8 Å². The highest BCUT2D eigenvalue weighted by atomic mass is 79.9. The van der Waals surface area contributed by atoms with E-state index in [1.54, 1.807) is 0 Å². The number of carbonyl (C=O) groups is 4. The lowest BCUT2D eigenvalue weighted by Crippen LogP contribution is -2.38. The molecule has 2 saturated heterocycles. The Balaban J connectivity index is 0.000000307. The van der Waals surface area contributed by atoms with E-state index in [0.717, 1.165) is 131 Å². The molecule has 17 heteroatoms. The van der Waals surface area contributed by atoms with Gasteiger partial charge < -0.3 is 28.6 Å². The number of nitrogens with zero attached hydrogens (tertiary/aromatic N) is 5. The highest BCUT2D eigenvalue weighted by Crippen LogP contribution is 2.37. The van der Waals surface area contributed by atoms with Crippen LogP contribution < -0.4 is 19.7 Å². The summed E-state index contributed by atoms with van der Waals surface area (Å²) in [4.78, 5) is 67.3. The fourth-order valence-electron chi connectivity index (χ4n) is 11.3. The van der Waals surface area contributed by atoms with Crippen molar-refractivity contribution in [1.29, 1.82) is 0 Å². The number of anilines is 2. The Labute approximate surface area is 509 Å². The molecule has 3 aliphatic heterocycles. The molecule has 9 rings (SSSR count). The Morgan fingerprint density at radius 2 is 1.27 bits per heavy atom. The third kappa shape index (κ3) is 17.8. The molecule has 0 saturated carbocycles. The van der Waals surface area contributed by atoms with Crippen molar-refractivity contribution in [2.75, 3.05) is 69.2 Å². The van der Waals surface area contributed by atoms with E-state index in [4.69, 9.17) is 28.7 Å². The Bertz CT molecular complexity index is 3170. The first kappa shape index (κ1) is 63.6. The van der Waals surface area contributed by atoms with Gasteiger partial charge in [-0.05, 0) is 229 Å². The van der Waals surface area contributed by atoms with E-state index in [-0.39, 0.29) is 35.7 Å². The maximum atomic E-state index is 14.0. The van der Waals surface area contributed by atoms with Crippen LogP contribution in [0.2, 0.25) is 0 Å². The molecule has 84 heavy (non-hydrogen) atoms. The predicted octanol–water partition coefficient (Wildman–Crippen LogP) is 13.8. The number of hydrogen-bond acceptors (Lipinski definition) is 15. The zero-order valence-corrected chi connectivity index (χ0v) is 53.0. The number of halogens is 1. The van der Waals surface area contributed by atoms with Crippen LogP contribution in [0, 0.1) is 25.7 Å². The number of esters is 3. The van der Waals surface area contributed by atoms with E-state index in [1.807, 2.05) is 126 Å². The van der Waals surface area contributed by atoms with Crippen LogP contribution in [0.4, 0.5) is 10.9 Å². The van der Waals surface area contributed by atoms with Crippen LogP contribution in [0.25, 0.3) is 21.3 Å². The molecular weight excluding hydrogens is 1140 g/mol. The van der Waals surface area contributed by atoms with Crippen molar-refractivity contribution in [3.63, 3.8) is 0 Å². The Hall–Kier alpha value is -6.40. The molecule has 2 fully saturated rings. The van der Waals surface area contributed by atoms with E-state index in [1.165, 1.54) is 17.8 Å². The number of benzene rings is 4. The van der Waals surface area contributed by atoms with Crippen LogP contribution in [0.3, 0.4) is 0 Å². The van der Waals surface area contributed by atoms with Gasteiger partial charge in [-0.15, -0.1) is 0 Å². The maximum Gasteiger partial charge on any atom is 0.358 e. The summed E-state index contributed by atoms with van der Waals surface area (Å²) in [5.74, 6) is 2.72. The van der Waals surface area contributed by atoms with E-state index < -0.39 is 11.6 Å². The average Bonchev–Trinajstić information content (AvgIpc) is 4.05. The highest BCUT2D eigenvalue weighted by molar-refractivity contribution is 9.10. The minimum atomic E-state index is -0.728. The largest absolute Gasteiger partial charge is 0.490 e. The molecular formula is C67H85BrN6O9S. The number of piperidine rings is 2. The summed E-state index contributed by atoms with van der Waals surface area (Å²) < 4.78 is 30.9. The maximum absolute atomic E-state index is 14.0. The van der Waals surface area contributed by atoms with Crippen LogP contribution in [-0.2, 0) is 36.8 Å². The summed E-state index contributed by atoms with van der Waals surface area (Å²) in [6.45, 7) is 24.2. The third-order valence-corrected chi connectivity index (χ3v) is 17.8. The molecule has 0 aliphatic carbocycles. The number of thiazole rings is 1. The predicted molar refractivity (Wildman–Crippen MR) is 337 cm³/mol. The lowest BCUT2D eigenvalue weighted by Gasteiger charge is -2.32. The van der Waals surface area contributed by atoms with Gasteiger partial charge in [-0.1, -0.05) is 69.7 Å². The average molecular weight is 1230 g/mol. The number of nitrogens with one attached hydrogen (secondary N) is 1. The first-order valence-electron chi connectivity index (χ1n) is 30.1. The highest BCUT2D eigenvalue weighted by Gasteiger charge is 2.29. The van der Waals surface area contributed by atoms with Gasteiger partial charge in [0.15, 0.2) is 10.8 Å². The van der Waals surface area contributed by atoms with Crippen LogP contribution in [0.5, 0.6) is 11.5 Å². The zero-order valence-electron chi connectivity index (χ0n) is 50.6. The van der Waals surface area contributed by atoms with Gasteiger partial charge in [0, 0.05) is 34.3 Å². The van der Waals surface area contributed by atoms with Crippen LogP contribution in [-0.4, -0.2) is 120 Å². The number of rotatable bonds is 21. The number of carbonyl (C=O) groups excluding carboxylic acids is 4. The second-order valence-corrected chi connectivity index (χ2v) is 25.4. The Morgan fingerprint density at radius 3 is 1.87 bits per heavy atom. The number of amides is 1. The molecule has 1 N–H and O–H groups in total. The van der Waals surface area contributed by atoms with E-state index >= 15 is 0 Å². The minimum Gasteiger partial charge on any atom is -0.490 e. The first-order valence-corrected chi connectivity index (χ1v) is 31.7. The number of fused-ring (bicyclic) bond motifs is 2. The third-order valence-electron chi connectivity index (χ3n) is 16.0. The number of ether oxygens (including phenoxy) is 5. The fourth-order valence-corrected chi connectivity index (χ4v) is 12.5. The van der Waals surface area contributed by atoms with Crippen molar-refractivity contribution in [3.8, 4) is 22.6 Å². The van der Waals surface area contributed by atoms with Gasteiger partial charge in [-0.2, -0.15) is 0 Å². The van der Waals surface area contributed by atoms with Crippen LogP contribution in [0.15, 0.2) is 95.5 Å². The molecule has 4 aromatic carbocycles. The fraction of sp³-hybridized carbons (Fsp3) is 0.493. The standard InChI is InChI=1S/C47H55N5O6S.C20H30BrNO3/c1-7-56-42(53)29-51-25-22-32(23-26-51)19-18-30(2)57-39-16-11-13-34(31(39)3)35-20-21-41(49-43(35)45(55)58-47(4,5)6)52-27-24-33-12-10-14-36(37(33)28-52)44(54)50-46-48-38-15-8-9-17-40(38)59-46;1-4-24-20(23)14-22-12-10-17(11-13-22)9-8-15(2)25-19-7-5-6-18(21)16(19)3/h8-17,20-21,30,32H,7,18-19,22-29H2,1-6H3,(H,48,50,54);5-7,15,17H,4,8-14H2,1-3H3/t30-;15-/m00/s1. The van der Waals surface area contributed by atoms with Crippen molar-refractivity contribution in [3.05, 3.63) is 129 Å². The molecule has 0 radical (unpaired) electrons. The van der Waals surface area contributed by atoms with Gasteiger partial charge in [0.25, 0.3) is 5.91 Å². The molecule has 1 amide bonds. The Morgan fingerprint density at radius 1 is 0.690 bits per heavy atom. The number of aromatic nitrogens is 2. The van der Waals surface area contributed by atoms with Gasteiger partial charge in [-0.3, -0.25) is 29.5 Å². The zero-order chi connectivity index (χ0) is 59.9. The van der Waals surface area contributed by atoms with Crippen molar-refractivity contribution in [2.45, 2.75) is 144 Å². The van der Waals surface area contributed by atoms with Gasteiger partial charge >= 0.3 is 17.9 Å². The topological polar surface area (TPSA) is 162 Å². The number of para-hydroxylation sites is 1. The van der Waals surface area contributed by atoms with Gasteiger partial charge in [-0.25, -0.2) is 14.8 Å². The molecule has 2 atom stereocenters. The van der Waals surface area contributed by atoms with Crippen molar-refractivity contribution in [1.82, 2.24) is 19.8 Å². The summed E-state index contributed by atoms with van der Waals surface area (Å²) in [6, 6.07) is 29.6. The Kier molecular flexibility index (Phi) is 22.8. The summed E-state index contributed by atoms with van der Waals surface area (Å²) in [7, 11) is 0. The molecule has 6 aromatic rings. The van der Waals surface area contributed by atoms with Crippen LogP contribution in [0.1, 0.15) is 143 Å². The molecule has 0 spiro atoms. The monoisotopic (exact) mass is 1230 g/mol. The molecule has 3 aliphatic rings. The summed E-state index contributed by atoms with van der Waals surface area (Å²) in [5, 5.41) is 3.58. The van der Waals surface area contributed by atoms with Crippen molar-refractivity contribution < 1.29 is 42.9 Å². The van der Waals surface area contributed by atoms with Crippen LogP contribution >= 0.6 is 27.3 Å². The van der Waals surface area contributed by atoms with Crippen molar-refractivity contribution >= 4 is 72.2 Å². The summed E-state index contributed by atoms with van der Waals surface area (Å²) >= 11 is 5.00. The SMILES string of the molecule is CCOC(=O)CN1CCC(CC[C@H](C)Oc2cccc(-c3ccc(N4CCc5cccc(C(=O)Nc6nc7ccccc7s6)c5C4)nc3C(=O)OC(C)(C)C)c2C)CC1.CCOC(=O)CN1CCC(CC[C@H](C)Oc2cccc(Br)c2C)CC1. The molecule has 2 aromatic heterocycles. The molecule has 5 heterocycles. The number of hydrogen-bond donors (Lipinski definition) is 1.